The molecule has 0 aromatic carbocycles. The zero-order chi connectivity index (χ0) is 16.2. The van der Waals surface area contributed by atoms with E-state index in [1.54, 1.807) is 0 Å². The van der Waals surface area contributed by atoms with Crippen LogP contribution in [0.3, 0.4) is 0 Å². The van der Waals surface area contributed by atoms with Crippen LogP contribution in [0.4, 0.5) is 0 Å². The first kappa shape index (κ1) is 18.0. The molecule has 0 radical (unpaired) electrons. The summed E-state index contributed by atoms with van der Waals surface area (Å²) in [7, 11) is 0. The number of rotatable bonds is 7. The largest absolute Gasteiger partial charge is 0.342 e. The molecule has 0 saturated carbocycles. The molecule has 1 fully saturated rings. The van der Waals surface area contributed by atoms with E-state index in [-0.39, 0.29) is 23.8 Å². The van der Waals surface area contributed by atoms with Gasteiger partial charge in [-0.1, -0.05) is 54.4 Å². The SMILES string of the molecule is CCC(C)CN1C(=O)C(C(C)CC)NC(=O)C1(CC)CC. The number of nitrogens with one attached hydrogen (secondary N) is 1. The lowest BCUT2D eigenvalue weighted by Crippen LogP contribution is -2.71. The third-order valence-corrected chi connectivity index (χ3v) is 5.33. The molecule has 3 unspecified atom stereocenters. The van der Waals surface area contributed by atoms with Crippen molar-refractivity contribution in [1.82, 2.24) is 10.2 Å². The molecule has 1 aliphatic heterocycles. The predicted molar refractivity (Wildman–Crippen MR) is 85.9 cm³/mol. The van der Waals surface area contributed by atoms with Crippen molar-refractivity contribution in [3.63, 3.8) is 0 Å². The molecule has 1 heterocycles. The fraction of sp³-hybridized carbons (Fsp3) is 0.882. The van der Waals surface area contributed by atoms with Gasteiger partial charge in [0.2, 0.25) is 11.8 Å². The molecule has 122 valence electrons. The van der Waals surface area contributed by atoms with Crippen LogP contribution in [-0.2, 0) is 9.59 Å². The Morgan fingerprint density at radius 1 is 1.10 bits per heavy atom. The van der Waals surface area contributed by atoms with Gasteiger partial charge in [0.05, 0.1) is 0 Å². The van der Waals surface area contributed by atoms with Gasteiger partial charge < -0.3 is 10.2 Å². The maximum Gasteiger partial charge on any atom is 0.246 e. The van der Waals surface area contributed by atoms with Gasteiger partial charge in [-0.25, -0.2) is 0 Å². The number of carbonyl (C=O) groups is 2. The van der Waals surface area contributed by atoms with Crippen molar-refractivity contribution in [2.24, 2.45) is 11.8 Å². The Bertz CT molecular complexity index is 377. The van der Waals surface area contributed by atoms with Crippen LogP contribution < -0.4 is 5.32 Å². The maximum absolute atomic E-state index is 13.0. The summed E-state index contributed by atoms with van der Waals surface area (Å²) < 4.78 is 0. The van der Waals surface area contributed by atoms with Gasteiger partial charge in [-0.15, -0.1) is 0 Å². The summed E-state index contributed by atoms with van der Waals surface area (Å²) in [4.78, 5) is 27.6. The summed E-state index contributed by atoms with van der Waals surface area (Å²) in [6.07, 6.45) is 3.25. The summed E-state index contributed by atoms with van der Waals surface area (Å²) in [6, 6.07) is -0.363. The Labute approximate surface area is 129 Å². The summed E-state index contributed by atoms with van der Waals surface area (Å²) in [5.41, 5.74) is -0.662. The second-order valence-corrected chi connectivity index (χ2v) is 6.54. The van der Waals surface area contributed by atoms with Gasteiger partial charge in [-0.2, -0.15) is 0 Å². The molecule has 0 bridgehead atoms. The molecule has 1 rings (SSSR count). The molecule has 1 aliphatic rings. The minimum absolute atomic E-state index is 0.0284. The fourth-order valence-corrected chi connectivity index (χ4v) is 3.12. The molecule has 1 N–H and O–H groups in total. The highest BCUT2D eigenvalue weighted by Gasteiger charge is 2.51. The lowest BCUT2D eigenvalue weighted by Gasteiger charge is -2.49. The normalized spacial score (nSPS) is 24.7. The third-order valence-electron chi connectivity index (χ3n) is 5.33. The van der Waals surface area contributed by atoms with E-state index in [0.29, 0.717) is 25.3 Å². The number of hydrogen-bond donors (Lipinski definition) is 1. The van der Waals surface area contributed by atoms with E-state index in [4.69, 9.17) is 0 Å². The fourth-order valence-electron chi connectivity index (χ4n) is 3.12. The molecule has 4 heteroatoms. The smallest absolute Gasteiger partial charge is 0.246 e. The second kappa shape index (κ2) is 7.28. The van der Waals surface area contributed by atoms with Crippen molar-refractivity contribution in [1.29, 1.82) is 0 Å². The molecule has 0 aromatic rings. The van der Waals surface area contributed by atoms with Crippen molar-refractivity contribution in [3.8, 4) is 0 Å². The van der Waals surface area contributed by atoms with E-state index in [1.165, 1.54) is 0 Å². The van der Waals surface area contributed by atoms with Gasteiger partial charge in [-0.3, -0.25) is 9.59 Å². The zero-order valence-electron chi connectivity index (χ0n) is 14.5. The number of carbonyl (C=O) groups excluding carboxylic acids is 2. The molecule has 4 nitrogen and oxygen atoms in total. The Morgan fingerprint density at radius 3 is 2.10 bits per heavy atom. The zero-order valence-corrected chi connectivity index (χ0v) is 14.5. The topological polar surface area (TPSA) is 49.4 Å². The van der Waals surface area contributed by atoms with Crippen molar-refractivity contribution >= 4 is 11.8 Å². The van der Waals surface area contributed by atoms with Crippen molar-refractivity contribution in [2.75, 3.05) is 6.54 Å². The standard InChI is InChI=1S/C17H32N2O2/c1-7-12(5)11-19-15(20)14(13(6)8-2)18-16(21)17(19,9-3)10-4/h12-14H,7-11H2,1-6H3,(H,18,21). The van der Waals surface area contributed by atoms with Gasteiger partial charge in [-0.05, 0) is 24.7 Å². The highest BCUT2D eigenvalue weighted by atomic mass is 16.2. The summed E-state index contributed by atoms with van der Waals surface area (Å²) in [5, 5.41) is 3.00. The minimum atomic E-state index is -0.662. The number of piperazine rings is 1. The van der Waals surface area contributed by atoms with E-state index < -0.39 is 5.54 Å². The predicted octanol–water partition coefficient (Wildman–Crippen LogP) is 2.96. The Morgan fingerprint density at radius 2 is 1.67 bits per heavy atom. The Balaban J connectivity index is 3.17. The van der Waals surface area contributed by atoms with E-state index in [0.717, 1.165) is 12.8 Å². The van der Waals surface area contributed by atoms with Gasteiger partial charge >= 0.3 is 0 Å². The van der Waals surface area contributed by atoms with E-state index in [1.807, 2.05) is 25.7 Å². The van der Waals surface area contributed by atoms with Crippen LogP contribution in [0.2, 0.25) is 0 Å². The van der Waals surface area contributed by atoms with Gasteiger partial charge in [0.15, 0.2) is 0 Å². The molecule has 0 aromatic heterocycles. The molecule has 2 amide bonds. The second-order valence-electron chi connectivity index (χ2n) is 6.54. The summed E-state index contributed by atoms with van der Waals surface area (Å²) in [6.45, 7) is 13.1. The van der Waals surface area contributed by atoms with Crippen LogP contribution in [0.1, 0.15) is 67.2 Å². The number of hydrogen-bond acceptors (Lipinski definition) is 2. The summed E-state index contributed by atoms with van der Waals surface area (Å²) >= 11 is 0. The van der Waals surface area contributed by atoms with Crippen LogP contribution >= 0.6 is 0 Å². The van der Waals surface area contributed by atoms with Gasteiger partial charge in [0.1, 0.15) is 11.6 Å². The minimum Gasteiger partial charge on any atom is -0.342 e. The molecule has 0 aliphatic carbocycles. The van der Waals surface area contributed by atoms with E-state index in [9.17, 15) is 9.59 Å². The average Bonchev–Trinajstić information content (AvgIpc) is 2.50. The van der Waals surface area contributed by atoms with Crippen LogP contribution in [-0.4, -0.2) is 34.8 Å². The van der Waals surface area contributed by atoms with Gasteiger partial charge in [0, 0.05) is 6.54 Å². The van der Waals surface area contributed by atoms with Crippen LogP contribution in [0.5, 0.6) is 0 Å². The number of nitrogens with zero attached hydrogens (tertiary/aromatic N) is 1. The van der Waals surface area contributed by atoms with E-state index in [2.05, 4.69) is 26.1 Å². The number of amides is 2. The first-order chi connectivity index (χ1) is 9.87. The van der Waals surface area contributed by atoms with Crippen molar-refractivity contribution in [3.05, 3.63) is 0 Å². The summed E-state index contributed by atoms with van der Waals surface area (Å²) in [5.74, 6) is 0.719. The quantitative estimate of drug-likeness (QED) is 0.785. The van der Waals surface area contributed by atoms with Gasteiger partial charge in [0.25, 0.3) is 0 Å². The van der Waals surface area contributed by atoms with Crippen molar-refractivity contribution < 1.29 is 9.59 Å². The molecule has 0 spiro atoms. The van der Waals surface area contributed by atoms with Crippen LogP contribution in [0.15, 0.2) is 0 Å². The average molecular weight is 296 g/mol. The van der Waals surface area contributed by atoms with Crippen LogP contribution in [0, 0.1) is 11.8 Å². The molecular weight excluding hydrogens is 264 g/mol. The van der Waals surface area contributed by atoms with Crippen molar-refractivity contribution in [2.45, 2.75) is 78.8 Å². The first-order valence-electron chi connectivity index (χ1n) is 8.50. The maximum atomic E-state index is 13.0. The molecule has 3 atom stereocenters. The molecule has 1 saturated heterocycles. The van der Waals surface area contributed by atoms with E-state index >= 15 is 0 Å². The Kier molecular flexibility index (Phi) is 6.24. The highest BCUT2D eigenvalue weighted by Crippen LogP contribution is 2.32. The van der Waals surface area contributed by atoms with Crippen LogP contribution in [0.25, 0.3) is 0 Å². The lowest BCUT2D eigenvalue weighted by molar-refractivity contribution is -0.160. The molecule has 21 heavy (non-hydrogen) atoms. The molecular formula is C17H32N2O2. The first-order valence-corrected chi connectivity index (χ1v) is 8.50. The monoisotopic (exact) mass is 296 g/mol. The third kappa shape index (κ3) is 3.24. The highest BCUT2D eigenvalue weighted by molar-refractivity contribution is 6.00. The lowest BCUT2D eigenvalue weighted by atomic mass is 9.82. The Hall–Kier alpha value is -1.06.